The first-order valence-electron chi connectivity index (χ1n) is 6.14. The van der Waals surface area contributed by atoms with E-state index in [-0.39, 0.29) is 11.8 Å². The van der Waals surface area contributed by atoms with Crippen LogP contribution in [0, 0.1) is 5.92 Å². The molecule has 0 saturated carbocycles. The van der Waals surface area contributed by atoms with Crippen LogP contribution in [0.4, 0.5) is 5.69 Å². The highest BCUT2D eigenvalue weighted by Gasteiger charge is 2.14. The zero-order valence-electron chi connectivity index (χ0n) is 10.9. The van der Waals surface area contributed by atoms with E-state index >= 15 is 0 Å². The lowest BCUT2D eigenvalue weighted by molar-refractivity contribution is -0.122. The summed E-state index contributed by atoms with van der Waals surface area (Å²) in [6, 6.07) is 7.49. The molecule has 1 rings (SSSR count). The third kappa shape index (κ3) is 4.47. The van der Waals surface area contributed by atoms with E-state index in [1.807, 2.05) is 31.2 Å². The van der Waals surface area contributed by atoms with Crippen molar-refractivity contribution >= 4 is 11.6 Å². The van der Waals surface area contributed by atoms with E-state index in [4.69, 9.17) is 5.73 Å². The molecule has 0 radical (unpaired) electrons. The maximum atomic E-state index is 11.9. The van der Waals surface area contributed by atoms with Crippen molar-refractivity contribution in [3.05, 3.63) is 29.8 Å². The molecular weight excluding hydrogens is 212 g/mol. The van der Waals surface area contributed by atoms with Gasteiger partial charge >= 0.3 is 0 Å². The van der Waals surface area contributed by atoms with Crippen molar-refractivity contribution in [2.75, 3.05) is 12.3 Å². The zero-order valence-corrected chi connectivity index (χ0v) is 10.9. The number of hydrogen-bond acceptors (Lipinski definition) is 2. The molecule has 3 nitrogen and oxygen atoms in total. The molecule has 0 fully saturated rings. The summed E-state index contributed by atoms with van der Waals surface area (Å²) in [6.07, 6.45) is 1.01. The van der Waals surface area contributed by atoms with Crippen LogP contribution in [0.15, 0.2) is 24.3 Å². The standard InChI is InChI=1S/C14H22N2O/c1-10(2)7-8-16-14(17)11(3)12-5-4-6-13(15)9-12/h4-6,9-11H,7-8,15H2,1-3H3,(H,16,17). The predicted molar refractivity (Wildman–Crippen MR) is 71.7 cm³/mol. The van der Waals surface area contributed by atoms with Gasteiger partial charge in [-0.3, -0.25) is 4.79 Å². The second-order valence-corrected chi connectivity index (χ2v) is 4.87. The van der Waals surface area contributed by atoms with E-state index < -0.39 is 0 Å². The molecule has 0 aliphatic rings. The Morgan fingerprint density at radius 1 is 1.35 bits per heavy atom. The highest BCUT2D eigenvalue weighted by molar-refractivity contribution is 5.83. The molecule has 0 bridgehead atoms. The minimum absolute atomic E-state index is 0.0660. The molecule has 0 saturated heterocycles. The third-order valence-electron chi connectivity index (χ3n) is 2.82. The van der Waals surface area contributed by atoms with Crippen molar-refractivity contribution in [2.24, 2.45) is 5.92 Å². The van der Waals surface area contributed by atoms with Gasteiger partial charge in [-0.15, -0.1) is 0 Å². The number of amides is 1. The van der Waals surface area contributed by atoms with Gasteiger partial charge in [-0.05, 0) is 37.0 Å². The van der Waals surface area contributed by atoms with E-state index in [0.29, 0.717) is 11.6 Å². The topological polar surface area (TPSA) is 55.1 Å². The van der Waals surface area contributed by atoms with Gasteiger partial charge in [-0.2, -0.15) is 0 Å². The van der Waals surface area contributed by atoms with Gasteiger partial charge in [-0.1, -0.05) is 26.0 Å². The van der Waals surface area contributed by atoms with Crippen LogP contribution in [0.1, 0.15) is 38.7 Å². The monoisotopic (exact) mass is 234 g/mol. The average molecular weight is 234 g/mol. The number of anilines is 1. The number of nitrogens with one attached hydrogen (secondary N) is 1. The van der Waals surface area contributed by atoms with Gasteiger partial charge in [0.2, 0.25) is 5.91 Å². The van der Waals surface area contributed by atoms with Crippen molar-refractivity contribution in [3.63, 3.8) is 0 Å². The molecule has 0 aliphatic heterocycles. The Labute approximate surface area is 103 Å². The van der Waals surface area contributed by atoms with Crippen molar-refractivity contribution in [3.8, 4) is 0 Å². The van der Waals surface area contributed by atoms with Gasteiger partial charge in [0, 0.05) is 12.2 Å². The number of nitrogens with two attached hydrogens (primary N) is 1. The molecular formula is C14H22N2O. The summed E-state index contributed by atoms with van der Waals surface area (Å²) in [5.41, 5.74) is 7.37. The molecule has 1 amide bonds. The molecule has 1 atom stereocenters. The van der Waals surface area contributed by atoms with Crippen LogP contribution in [-0.4, -0.2) is 12.5 Å². The van der Waals surface area contributed by atoms with E-state index in [1.54, 1.807) is 0 Å². The van der Waals surface area contributed by atoms with Crippen molar-refractivity contribution in [1.29, 1.82) is 0 Å². The molecule has 1 aromatic carbocycles. The number of carbonyl (C=O) groups is 1. The van der Waals surface area contributed by atoms with E-state index in [1.165, 1.54) is 0 Å². The zero-order chi connectivity index (χ0) is 12.8. The van der Waals surface area contributed by atoms with Crippen LogP contribution in [0.2, 0.25) is 0 Å². The number of rotatable bonds is 5. The van der Waals surface area contributed by atoms with Gasteiger partial charge in [-0.25, -0.2) is 0 Å². The predicted octanol–water partition coefficient (Wildman–Crippen LogP) is 2.53. The maximum Gasteiger partial charge on any atom is 0.227 e. The van der Waals surface area contributed by atoms with E-state index in [2.05, 4.69) is 19.2 Å². The van der Waals surface area contributed by atoms with Crippen LogP contribution in [0.5, 0.6) is 0 Å². The average Bonchev–Trinajstić information content (AvgIpc) is 2.27. The highest BCUT2D eigenvalue weighted by Crippen LogP contribution is 2.17. The van der Waals surface area contributed by atoms with Crippen LogP contribution < -0.4 is 11.1 Å². The smallest absolute Gasteiger partial charge is 0.227 e. The number of hydrogen-bond donors (Lipinski definition) is 2. The second kappa shape index (κ2) is 6.28. The van der Waals surface area contributed by atoms with Crippen LogP contribution in [0.3, 0.4) is 0 Å². The number of nitrogen functional groups attached to an aromatic ring is 1. The first-order valence-corrected chi connectivity index (χ1v) is 6.14. The lowest BCUT2D eigenvalue weighted by Crippen LogP contribution is -2.29. The Morgan fingerprint density at radius 3 is 2.65 bits per heavy atom. The molecule has 3 N–H and O–H groups in total. The Balaban J connectivity index is 2.52. The molecule has 1 unspecified atom stereocenters. The van der Waals surface area contributed by atoms with Gasteiger partial charge in [0.15, 0.2) is 0 Å². The maximum absolute atomic E-state index is 11.9. The highest BCUT2D eigenvalue weighted by atomic mass is 16.1. The summed E-state index contributed by atoms with van der Waals surface area (Å²) < 4.78 is 0. The molecule has 0 heterocycles. The van der Waals surface area contributed by atoms with Crippen LogP contribution >= 0.6 is 0 Å². The lowest BCUT2D eigenvalue weighted by Gasteiger charge is -2.13. The summed E-state index contributed by atoms with van der Waals surface area (Å²) >= 11 is 0. The molecule has 0 spiro atoms. The van der Waals surface area contributed by atoms with Gasteiger partial charge in [0.1, 0.15) is 0 Å². The summed E-state index contributed by atoms with van der Waals surface area (Å²) in [5, 5.41) is 2.95. The Morgan fingerprint density at radius 2 is 2.06 bits per heavy atom. The fourth-order valence-electron chi connectivity index (χ4n) is 1.62. The molecule has 17 heavy (non-hydrogen) atoms. The fourth-order valence-corrected chi connectivity index (χ4v) is 1.62. The fraction of sp³-hybridized carbons (Fsp3) is 0.500. The minimum Gasteiger partial charge on any atom is -0.399 e. The van der Waals surface area contributed by atoms with Crippen molar-refractivity contribution < 1.29 is 4.79 Å². The number of carbonyl (C=O) groups excluding carboxylic acids is 1. The first-order chi connectivity index (χ1) is 8.00. The normalized spacial score (nSPS) is 12.5. The first kappa shape index (κ1) is 13.6. The lowest BCUT2D eigenvalue weighted by atomic mass is 9.99. The summed E-state index contributed by atoms with van der Waals surface area (Å²) in [6.45, 7) is 6.93. The molecule has 94 valence electrons. The van der Waals surface area contributed by atoms with Crippen LogP contribution in [-0.2, 0) is 4.79 Å². The SMILES string of the molecule is CC(C)CCNC(=O)C(C)c1cccc(N)c1. The Kier molecular flexibility index (Phi) is 5.01. The van der Waals surface area contributed by atoms with Gasteiger partial charge in [0.25, 0.3) is 0 Å². The van der Waals surface area contributed by atoms with E-state index in [0.717, 1.165) is 18.5 Å². The van der Waals surface area contributed by atoms with Crippen molar-refractivity contribution in [2.45, 2.75) is 33.1 Å². The quantitative estimate of drug-likeness (QED) is 0.769. The van der Waals surface area contributed by atoms with Gasteiger partial charge < -0.3 is 11.1 Å². The Bertz CT molecular complexity index is 374. The molecule has 1 aromatic rings. The van der Waals surface area contributed by atoms with Crippen molar-refractivity contribution in [1.82, 2.24) is 5.32 Å². The third-order valence-corrected chi connectivity index (χ3v) is 2.82. The Hall–Kier alpha value is -1.51. The van der Waals surface area contributed by atoms with E-state index in [9.17, 15) is 4.79 Å². The largest absolute Gasteiger partial charge is 0.399 e. The van der Waals surface area contributed by atoms with Crippen LogP contribution in [0.25, 0.3) is 0 Å². The second-order valence-electron chi connectivity index (χ2n) is 4.87. The summed E-state index contributed by atoms with van der Waals surface area (Å²) in [5.74, 6) is 0.528. The van der Waals surface area contributed by atoms with Gasteiger partial charge in [0.05, 0.1) is 5.92 Å². The molecule has 3 heteroatoms. The minimum atomic E-state index is -0.148. The molecule has 0 aromatic heterocycles. The summed E-state index contributed by atoms with van der Waals surface area (Å²) in [7, 11) is 0. The summed E-state index contributed by atoms with van der Waals surface area (Å²) in [4.78, 5) is 11.9. The molecule has 0 aliphatic carbocycles. The number of benzene rings is 1.